The van der Waals surface area contributed by atoms with E-state index in [1.54, 1.807) is 24.3 Å². The fourth-order valence-corrected chi connectivity index (χ4v) is 1.94. The largest absolute Gasteiger partial charge is 0.497 e. The monoisotopic (exact) mass is 305 g/mol. The number of hydrogen-bond acceptors (Lipinski definition) is 5. The molecule has 8 heteroatoms. The smallest absolute Gasteiger partial charge is 0.334 e. The fourth-order valence-electron chi connectivity index (χ4n) is 1.94. The molecule has 0 atom stereocenters. The summed E-state index contributed by atoms with van der Waals surface area (Å²) >= 11 is 0. The van der Waals surface area contributed by atoms with Gasteiger partial charge in [-0.25, -0.2) is 9.69 Å². The molecule has 0 aliphatic carbocycles. The van der Waals surface area contributed by atoms with E-state index in [2.05, 4.69) is 5.32 Å². The number of carbonyl (C=O) groups excluding carboxylic acids is 4. The Morgan fingerprint density at radius 2 is 1.95 bits per heavy atom. The van der Waals surface area contributed by atoms with Crippen LogP contribution in [0.2, 0.25) is 0 Å². The summed E-state index contributed by atoms with van der Waals surface area (Å²) in [4.78, 5) is 47.6. The maximum absolute atomic E-state index is 11.8. The van der Waals surface area contributed by atoms with Crippen LogP contribution in [0, 0.1) is 0 Å². The number of carbonyl (C=O) groups is 4. The highest BCUT2D eigenvalue weighted by atomic mass is 16.5. The first-order chi connectivity index (χ1) is 10.4. The number of nitrogens with one attached hydrogen (secondary N) is 1. The van der Waals surface area contributed by atoms with Crippen molar-refractivity contribution in [1.82, 2.24) is 15.1 Å². The molecule has 1 fully saturated rings. The summed E-state index contributed by atoms with van der Waals surface area (Å²) in [6, 6.07) is 6.30. The zero-order chi connectivity index (χ0) is 16.3. The lowest BCUT2D eigenvalue weighted by molar-refractivity contribution is -0.143. The molecule has 8 nitrogen and oxygen atoms in total. The Morgan fingerprint density at radius 1 is 1.23 bits per heavy atom. The van der Waals surface area contributed by atoms with E-state index in [-0.39, 0.29) is 6.54 Å². The number of likely N-dealkylation sites (N-methyl/N-ethyl adjacent to an activating group) is 1. The Bertz CT molecular complexity index is 643. The average molecular weight is 305 g/mol. The molecular weight excluding hydrogens is 290 g/mol. The molecule has 0 radical (unpaired) electrons. The quantitative estimate of drug-likeness (QED) is 0.597. The number of urea groups is 1. The summed E-state index contributed by atoms with van der Waals surface area (Å²) in [5.41, 5.74) is 0.806. The zero-order valence-corrected chi connectivity index (χ0v) is 12.2. The van der Waals surface area contributed by atoms with E-state index < -0.39 is 30.3 Å². The number of methoxy groups -OCH3 is 1. The summed E-state index contributed by atoms with van der Waals surface area (Å²) in [7, 11) is 2.73. The van der Waals surface area contributed by atoms with E-state index in [4.69, 9.17) is 4.74 Å². The maximum Gasteiger partial charge on any atom is 0.334 e. The van der Waals surface area contributed by atoms with Crippen LogP contribution >= 0.6 is 0 Å². The van der Waals surface area contributed by atoms with Crippen molar-refractivity contribution in [1.29, 1.82) is 0 Å². The molecule has 1 saturated heterocycles. The third-order valence-corrected chi connectivity index (χ3v) is 3.18. The number of benzene rings is 1. The van der Waals surface area contributed by atoms with Crippen LogP contribution in [-0.4, -0.2) is 54.3 Å². The third-order valence-electron chi connectivity index (χ3n) is 3.18. The molecule has 0 bridgehead atoms. The molecule has 0 saturated carbocycles. The summed E-state index contributed by atoms with van der Waals surface area (Å²) in [6.45, 7) is -0.270. The van der Waals surface area contributed by atoms with Gasteiger partial charge in [-0.2, -0.15) is 0 Å². The lowest BCUT2D eigenvalue weighted by atomic mass is 10.2. The Morgan fingerprint density at radius 3 is 2.55 bits per heavy atom. The predicted molar refractivity (Wildman–Crippen MR) is 74.7 cm³/mol. The lowest BCUT2D eigenvalue weighted by Crippen LogP contribution is -2.40. The van der Waals surface area contributed by atoms with Gasteiger partial charge in [0.05, 0.1) is 7.11 Å². The van der Waals surface area contributed by atoms with Crippen molar-refractivity contribution in [3.05, 3.63) is 29.8 Å². The van der Waals surface area contributed by atoms with Crippen LogP contribution in [0.5, 0.6) is 5.75 Å². The Labute approximate surface area is 126 Å². The molecule has 0 unspecified atom stereocenters. The SMILES string of the molecule is COc1cccc(CNC(=O)CN2C(=O)C(=O)N(C)C2=O)c1. The van der Waals surface area contributed by atoms with Crippen molar-refractivity contribution in [2.24, 2.45) is 0 Å². The Kier molecular flexibility index (Phi) is 4.40. The molecular formula is C14H15N3O5. The van der Waals surface area contributed by atoms with Crippen LogP contribution in [0.1, 0.15) is 5.56 Å². The minimum absolute atomic E-state index is 0.218. The van der Waals surface area contributed by atoms with Crippen molar-refractivity contribution < 1.29 is 23.9 Å². The molecule has 1 aromatic carbocycles. The van der Waals surface area contributed by atoms with Gasteiger partial charge in [0, 0.05) is 13.6 Å². The van der Waals surface area contributed by atoms with E-state index >= 15 is 0 Å². The van der Waals surface area contributed by atoms with Crippen LogP contribution in [0.4, 0.5) is 4.79 Å². The van der Waals surface area contributed by atoms with Gasteiger partial charge in [-0.15, -0.1) is 0 Å². The van der Waals surface area contributed by atoms with Crippen molar-refractivity contribution in [2.45, 2.75) is 6.54 Å². The first-order valence-electron chi connectivity index (χ1n) is 6.47. The van der Waals surface area contributed by atoms with Gasteiger partial charge in [0.1, 0.15) is 12.3 Å². The summed E-state index contributed by atoms with van der Waals surface area (Å²) in [5.74, 6) is -1.81. The second-order valence-electron chi connectivity index (χ2n) is 4.67. The van der Waals surface area contributed by atoms with E-state index in [1.807, 2.05) is 0 Å². The third kappa shape index (κ3) is 3.05. The lowest BCUT2D eigenvalue weighted by Gasteiger charge is -2.13. The predicted octanol–water partition coefficient (Wildman–Crippen LogP) is -0.268. The number of amides is 5. The number of hydrogen-bond donors (Lipinski definition) is 1. The number of nitrogens with zero attached hydrogens (tertiary/aromatic N) is 2. The molecule has 116 valence electrons. The standard InChI is InChI=1S/C14H15N3O5/c1-16-12(19)13(20)17(14(16)21)8-11(18)15-7-9-4-3-5-10(6-9)22-2/h3-6H,7-8H2,1-2H3,(H,15,18). The maximum atomic E-state index is 11.8. The highest BCUT2D eigenvalue weighted by Crippen LogP contribution is 2.12. The van der Waals surface area contributed by atoms with Crippen LogP contribution in [0.15, 0.2) is 24.3 Å². The minimum Gasteiger partial charge on any atom is -0.497 e. The molecule has 0 aromatic heterocycles. The van der Waals surface area contributed by atoms with Crippen LogP contribution in [0.3, 0.4) is 0 Å². The number of ether oxygens (including phenoxy) is 1. The van der Waals surface area contributed by atoms with Gasteiger partial charge < -0.3 is 10.1 Å². The van der Waals surface area contributed by atoms with E-state index in [1.165, 1.54) is 14.2 Å². The molecule has 22 heavy (non-hydrogen) atoms. The van der Waals surface area contributed by atoms with Crippen molar-refractivity contribution >= 4 is 23.8 Å². The van der Waals surface area contributed by atoms with E-state index in [0.717, 1.165) is 5.56 Å². The fraction of sp³-hybridized carbons (Fsp3) is 0.286. The zero-order valence-electron chi connectivity index (χ0n) is 12.2. The Hall–Kier alpha value is -2.90. The van der Waals surface area contributed by atoms with Gasteiger partial charge in [0.25, 0.3) is 0 Å². The van der Waals surface area contributed by atoms with Crippen molar-refractivity contribution in [3.8, 4) is 5.75 Å². The molecule has 1 aliphatic heterocycles. The van der Waals surface area contributed by atoms with E-state index in [0.29, 0.717) is 15.5 Å². The average Bonchev–Trinajstić information content (AvgIpc) is 2.71. The molecule has 5 amide bonds. The number of rotatable bonds is 5. The summed E-state index contributed by atoms with van der Waals surface area (Å²) in [6.07, 6.45) is 0. The van der Waals surface area contributed by atoms with E-state index in [9.17, 15) is 19.2 Å². The molecule has 1 heterocycles. The first-order valence-corrected chi connectivity index (χ1v) is 6.47. The summed E-state index contributed by atoms with van der Waals surface area (Å²) in [5, 5.41) is 2.58. The molecule has 1 aliphatic rings. The molecule has 2 rings (SSSR count). The van der Waals surface area contributed by atoms with Crippen molar-refractivity contribution in [2.75, 3.05) is 20.7 Å². The number of imide groups is 2. The highest BCUT2D eigenvalue weighted by molar-refractivity contribution is 6.44. The van der Waals surface area contributed by atoms with Gasteiger partial charge in [0.15, 0.2) is 0 Å². The highest BCUT2D eigenvalue weighted by Gasteiger charge is 2.42. The molecule has 1 N–H and O–H groups in total. The van der Waals surface area contributed by atoms with Gasteiger partial charge >= 0.3 is 17.8 Å². The normalized spacial score (nSPS) is 14.5. The second kappa shape index (κ2) is 6.25. The van der Waals surface area contributed by atoms with Gasteiger partial charge in [-0.1, -0.05) is 12.1 Å². The van der Waals surface area contributed by atoms with Crippen LogP contribution in [-0.2, 0) is 20.9 Å². The van der Waals surface area contributed by atoms with Crippen LogP contribution in [0.25, 0.3) is 0 Å². The molecule has 0 spiro atoms. The first kappa shape index (κ1) is 15.5. The van der Waals surface area contributed by atoms with Crippen LogP contribution < -0.4 is 10.1 Å². The van der Waals surface area contributed by atoms with Crippen molar-refractivity contribution in [3.63, 3.8) is 0 Å². The van der Waals surface area contributed by atoms with Gasteiger partial charge in [-0.3, -0.25) is 19.3 Å². The minimum atomic E-state index is -0.996. The summed E-state index contributed by atoms with van der Waals surface area (Å²) < 4.78 is 5.07. The topological polar surface area (TPSA) is 96.0 Å². The second-order valence-corrected chi connectivity index (χ2v) is 4.67. The van der Waals surface area contributed by atoms with Gasteiger partial charge in [-0.05, 0) is 17.7 Å². The molecule has 1 aromatic rings. The Balaban J connectivity index is 1.92. The van der Waals surface area contributed by atoms with Gasteiger partial charge in [0.2, 0.25) is 5.91 Å².